The van der Waals surface area contributed by atoms with Crippen LogP contribution in [-0.4, -0.2) is 29.1 Å². The van der Waals surface area contributed by atoms with Crippen LogP contribution in [0.1, 0.15) is 24.8 Å². The Balaban J connectivity index is 1.77. The highest BCUT2D eigenvalue weighted by Crippen LogP contribution is 2.49. The number of aromatic nitrogens is 1. The van der Waals surface area contributed by atoms with Crippen molar-refractivity contribution in [2.24, 2.45) is 5.41 Å². The number of amides is 1. The lowest BCUT2D eigenvalue weighted by Gasteiger charge is -2.13. The number of hydrogen-bond acceptors (Lipinski definition) is 4. The molecule has 1 heterocycles. The Kier molecular flexibility index (Phi) is 4.44. The highest BCUT2D eigenvalue weighted by molar-refractivity contribution is 5.96. The number of nitrogens with one attached hydrogen (secondary N) is 1. The third kappa shape index (κ3) is 3.63. The van der Waals surface area contributed by atoms with Gasteiger partial charge in [0.05, 0.1) is 12.5 Å². The quantitative estimate of drug-likeness (QED) is 0.842. The molecule has 25 heavy (non-hydrogen) atoms. The van der Waals surface area contributed by atoms with E-state index in [4.69, 9.17) is 4.74 Å². The number of ether oxygens (including phenoxy) is 1. The number of rotatable bonds is 6. The number of hydrogen-bond donors (Lipinski definition) is 2. The predicted octanol–water partition coefficient (Wildman–Crippen LogP) is 3.26. The molecule has 0 spiro atoms. The maximum Gasteiger partial charge on any atom is 0.310 e. The molecule has 1 aromatic carbocycles. The molecule has 0 radical (unpaired) electrons. The Labute approximate surface area is 145 Å². The van der Waals surface area contributed by atoms with Crippen molar-refractivity contribution in [3.8, 4) is 17.0 Å². The Hall–Kier alpha value is -2.89. The highest BCUT2D eigenvalue weighted by atomic mass is 16.5. The van der Waals surface area contributed by atoms with Crippen molar-refractivity contribution in [2.75, 3.05) is 12.4 Å². The molecule has 0 aliphatic heterocycles. The van der Waals surface area contributed by atoms with Gasteiger partial charge in [-0.15, -0.1) is 0 Å². The summed E-state index contributed by atoms with van der Waals surface area (Å²) < 4.78 is 5.06. The minimum atomic E-state index is -0.891. The molecule has 2 N–H and O–H groups in total. The van der Waals surface area contributed by atoms with Crippen LogP contribution < -0.4 is 10.1 Å². The zero-order valence-electron chi connectivity index (χ0n) is 14.2. The van der Waals surface area contributed by atoms with Gasteiger partial charge in [0.1, 0.15) is 0 Å². The Morgan fingerprint density at radius 1 is 1.24 bits per heavy atom. The van der Waals surface area contributed by atoms with Gasteiger partial charge in [0.25, 0.3) is 0 Å². The molecular formula is C19H20N2O4. The van der Waals surface area contributed by atoms with Gasteiger partial charge in [-0.3, -0.25) is 9.59 Å². The third-order valence-electron chi connectivity index (χ3n) is 4.60. The molecule has 1 fully saturated rings. The molecule has 6 nitrogen and oxygen atoms in total. The first-order valence-electron chi connectivity index (χ1n) is 8.08. The summed E-state index contributed by atoms with van der Waals surface area (Å²) in [5.41, 5.74) is 2.55. The lowest BCUT2D eigenvalue weighted by Crippen LogP contribution is -2.23. The van der Waals surface area contributed by atoms with Crippen molar-refractivity contribution in [1.82, 2.24) is 4.98 Å². The number of aryl methyl sites for hydroxylation is 1. The van der Waals surface area contributed by atoms with E-state index >= 15 is 0 Å². The summed E-state index contributed by atoms with van der Waals surface area (Å²) in [7, 11) is 1.56. The number of benzene rings is 1. The average molecular weight is 340 g/mol. The number of carboxylic acid groups (broad SMARTS) is 1. The van der Waals surface area contributed by atoms with E-state index < -0.39 is 11.4 Å². The van der Waals surface area contributed by atoms with Crippen LogP contribution in [0.3, 0.4) is 0 Å². The number of methoxy groups -OCH3 is 1. The maximum atomic E-state index is 12.3. The topological polar surface area (TPSA) is 88.5 Å². The van der Waals surface area contributed by atoms with E-state index in [2.05, 4.69) is 10.3 Å². The molecule has 1 aliphatic carbocycles. The standard InChI is InChI=1S/C19H20N2O4/c1-12-3-4-13(14-5-6-17(25-2)20-11-14)9-15(12)21-16(22)10-19(7-8-19)18(23)24/h3-6,9,11H,7-8,10H2,1-2H3,(H,21,22)(H,23,24). The molecule has 1 saturated carbocycles. The van der Waals surface area contributed by atoms with Crippen LogP contribution in [0.5, 0.6) is 5.88 Å². The maximum absolute atomic E-state index is 12.3. The molecule has 130 valence electrons. The van der Waals surface area contributed by atoms with E-state index in [9.17, 15) is 14.7 Å². The number of anilines is 1. The lowest BCUT2D eigenvalue weighted by atomic mass is 10.0. The molecule has 1 aromatic heterocycles. The van der Waals surface area contributed by atoms with Crippen LogP contribution in [-0.2, 0) is 9.59 Å². The number of aliphatic carboxylic acids is 1. The minimum absolute atomic E-state index is 0.0100. The zero-order valence-corrected chi connectivity index (χ0v) is 14.2. The highest BCUT2D eigenvalue weighted by Gasteiger charge is 2.51. The first kappa shape index (κ1) is 17.0. The third-order valence-corrected chi connectivity index (χ3v) is 4.60. The molecule has 0 unspecified atom stereocenters. The van der Waals surface area contributed by atoms with Gasteiger partial charge in [-0.2, -0.15) is 0 Å². The molecule has 1 aliphatic rings. The van der Waals surface area contributed by atoms with E-state index in [0.717, 1.165) is 16.7 Å². The van der Waals surface area contributed by atoms with E-state index in [1.165, 1.54) is 0 Å². The second-order valence-electron chi connectivity index (χ2n) is 6.43. The van der Waals surface area contributed by atoms with Crippen molar-refractivity contribution >= 4 is 17.6 Å². The predicted molar refractivity (Wildman–Crippen MR) is 93.5 cm³/mol. The molecule has 0 atom stereocenters. The molecule has 2 aromatic rings. The molecule has 0 saturated heterocycles. The number of carbonyl (C=O) groups excluding carboxylic acids is 1. The summed E-state index contributed by atoms with van der Waals surface area (Å²) in [6.07, 6.45) is 2.84. The normalized spacial score (nSPS) is 14.6. The summed E-state index contributed by atoms with van der Waals surface area (Å²) in [6.45, 7) is 1.90. The molecule has 3 rings (SSSR count). The first-order valence-corrected chi connectivity index (χ1v) is 8.08. The van der Waals surface area contributed by atoms with Gasteiger partial charge in [-0.05, 0) is 43.0 Å². The van der Waals surface area contributed by atoms with Gasteiger partial charge < -0.3 is 15.2 Å². The fourth-order valence-electron chi connectivity index (χ4n) is 2.73. The van der Waals surface area contributed by atoms with Crippen LogP contribution in [0, 0.1) is 12.3 Å². The average Bonchev–Trinajstić information content (AvgIpc) is 3.38. The van der Waals surface area contributed by atoms with Gasteiger partial charge in [0.15, 0.2) is 0 Å². The van der Waals surface area contributed by atoms with Gasteiger partial charge in [0.2, 0.25) is 11.8 Å². The monoisotopic (exact) mass is 340 g/mol. The second-order valence-corrected chi connectivity index (χ2v) is 6.43. The van der Waals surface area contributed by atoms with Gasteiger partial charge in [-0.1, -0.05) is 12.1 Å². The zero-order chi connectivity index (χ0) is 18.0. The number of carboxylic acids is 1. The SMILES string of the molecule is COc1ccc(-c2ccc(C)c(NC(=O)CC3(C(=O)O)CC3)c2)cn1. The van der Waals surface area contributed by atoms with Crippen molar-refractivity contribution in [2.45, 2.75) is 26.2 Å². The summed E-state index contributed by atoms with van der Waals surface area (Å²) >= 11 is 0. The van der Waals surface area contributed by atoms with E-state index in [0.29, 0.717) is 24.4 Å². The van der Waals surface area contributed by atoms with Crippen LogP contribution in [0.15, 0.2) is 36.5 Å². The van der Waals surface area contributed by atoms with Crippen molar-refractivity contribution in [3.05, 3.63) is 42.1 Å². The Morgan fingerprint density at radius 3 is 2.52 bits per heavy atom. The van der Waals surface area contributed by atoms with E-state index in [1.54, 1.807) is 19.4 Å². The molecule has 0 bridgehead atoms. The van der Waals surface area contributed by atoms with Crippen molar-refractivity contribution < 1.29 is 19.4 Å². The van der Waals surface area contributed by atoms with Gasteiger partial charge >= 0.3 is 5.97 Å². The smallest absolute Gasteiger partial charge is 0.310 e. The van der Waals surface area contributed by atoms with Crippen LogP contribution in [0.2, 0.25) is 0 Å². The molecule has 6 heteroatoms. The first-order chi connectivity index (χ1) is 11.9. The van der Waals surface area contributed by atoms with Crippen LogP contribution in [0.4, 0.5) is 5.69 Å². The summed E-state index contributed by atoms with van der Waals surface area (Å²) in [5, 5.41) is 12.1. The van der Waals surface area contributed by atoms with Gasteiger partial charge in [-0.25, -0.2) is 4.98 Å². The number of pyridine rings is 1. The number of nitrogens with zero attached hydrogens (tertiary/aromatic N) is 1. The van der Waals surface area contributed by atoms with Gasteiger partial charge in [0, 0.05) is 29.9 Å². The van der Waals surface area contributed by atoms with E-state index in [-0.39, 0.29) is 12.3 Å². The molecular weight excluding hydrogens is 320 g/mol. The fourth-order valence-corrected chi connectivity index (χ4v) is 2.73. The minimum Gasteiger partial charge on any atom is -0.481 e. The Bertz CT molecular complexity index is 811. The summed E-state index contributed by atoms with van der Waals surface area (Å²) in [6, 6.07) is 9.41. The summed E-state index contributed by atoms with van der Waals surface area (Å²) in [5.74, 6) is -0.627. The lowest BCUT2D eigenvalue weighted by molar-refractivity contribution is -0.145. The van der Waals surface area contributed by atoms with Crippen LogP contribution in [0.25, 0.3) is 11.1 Å². The second kappa shape index (κ2) is 6.55. The molecule has 1 amide bonds. The van der Waals surface area contributed by atoms with Crippen molar-refractivity contribution in [1.29, 1.82) is 0 Å². The number of carbonyl (C=O) groups is 2. The fraction of sp³-hybridized carbons (Fsp3) is 0.316. The van der Waals surface area contributed by atoms with Crippen molar-refractivity contribution in [3.63, 3.8) is 0 Å². The van der Waals surface area contributed by atoms with Crippen LogP contribution >= 0.6 is 0 Å². The summed E-state index contributed by atoms with van der Waals surface area (Å²) in [4.78, 5) is 27.7. The van der Waals surface area contributed by atoms with E-state index in [1.807, 2.05) is 31.2 Å². The Morgan fingerprint density at radius 2 is 1.96 bits per heavy atom. The largest absolute Gasteiger partial charge is 0.481 e.